The molecule has 1 N–H and O–H groups in total. The number of carbonyl (C=O) groups excluding carboxylic acids is 1. The number of esters is 1. The van der Waals surface area contributed by atoms with Gasteiger partial charge in [-0.05, 0) is 30.7 Å². The molecule has 22 heavy (non-hydrogen) atoms. The highest BCUT2D eigenvalue weighted by atomic mass is 28.4. The first kappa shape index (κ1) is 18.6. The lowest BCUT2D eigenvalue weighted by atomic mass is 10.2. The summed E-state index contributed by atoms with van der Waals surface area (Å²) in [4.78, 5) is 11.8. The fourth-order valence-electron chi connectivity index (χ4n) is 1.92. The maximum atomic E-state index is 11.8. The molecule has 0 aliphatic heterocycles. The molecule has 0 radical (unpaired) electrons. The topological polar surface area (TPSA) is 74.2 Å². The fourth-order valence-corrected chi connectivity index (χ4v) is 3.80. The number of rotatable bonds is 10. The fraction of sp³-hybridized carbons (Fsp3) is 0.533. The molecule has 0 spiro atoms. The lowest BCUT2D eigenvalue weighted by Gasteiger charge is -2.26. The van der Waals surface area contributed by atoms with E-state index < -0.39 is 14.8 Å². The summed E-state index contributed by atoms with van der Waals surface area (Å²) in [5.74, 6) is -0.433. The molecule has 1 aromatic rings. The Morgan fingerprint density at radius 3 is 2.32 bits per heavy atom. The van der Waals surface area contributed by atoms with Crippen molar-refractivity contribution in [2.45, 2.75) is 32.2 Å². The van der Waals surface area contributed by atoms with Crippen molar-refractivity contribution in [2.24, 2.45) is 0 Å². The lowest BCUT2D eigenvalue weighted by Crippen LogP contribution is -2.44. The summed E-state index contributed by atoms with van der Waals surface area (Å²) in [7, 11) is 0.316. The third kappa shape index (κ3) is 5.76. The van der Waals surface area contributed by atoms with Crippen LogP contribution in [0.15, 0.2) is 24.3 Å². The Hall–Kier alpha value is -1.41. The molecular weight excluding hydrogens is 304 g/mol. The Kier molecular flexibility index (Phi) is 8.11. The van der Waals surface area contributed by atoms with Crippen molar-refractivity contribution >= 4 is 14.8 Å². The number of benzene rings is 1. The second kappa shape index (κ2) is 9.57. The van der Waals surface area contributed by atoms with E-state index in [1.165, 1.54) is 24.3 Å². The molecule has 0 fully saturated rings. The number of carbonyl (C=O) groups is 1. The summed E-state index contributed by atoms with van der Waals surface area (Å²) in [6.45, 7) is 1.89. The number of hydrogen-bond acceptors (Lipinski definition) is 6. The van der Waals surface area contributed by atoms with Crippen LogP contribution in [-0.2, 0) is 18.0 Å². The van der Waals surface area contributed by atoms with E-state index in [9.17, 15) is 9.90 Å². The Balaban J connectivity index is 2.47. The average molecular weight is 328 g/mol. The highest BCUT2D eigenvalue weighted by molar-refractivity contribution is 6.60. The van der Waals surface area contributed by atoms with Crippen LogP contribution >= 0.6 is 0 Å². The van der Waals surface area contributed by atoms with E-state index in [2.05, 4.69) is 6.92 Å². The molecule has 0 aliphatic carbocycles. The second-order valence-electron chi connectivity index (χ2n) is 4.79. The number of phenols is 1. The van der Waals surface area contributed by atoms with Gasteiger partial charge in [0.1, 0.15) is 5.75 Å². The maximum absolute atomic E-state index is 11.8. The Morgan fingerprint density at radius 2 is 1.77 bits per heavy atom. The minimum Gasteiger partial charge on any atom is -0.508 e. The maximum Gasteiger partial charge on any atom is 0.502 e. The second-order valence-corrected chi connectivity index (χ2v) is 7.76. The Labute approximate surface area is 132 Å². The molecule has 6 nitrogen and oxygen atoms in total. The van der Waals surface area contributed by atoms with Crippen LogP contribution in [0.4, 0.5) is 0 Å². The van der Waals surface area contributed by atoms with Crippen LogP contribution in [0.1, 0.15) is 36.5 Å². The molecule has 0 amide bonds. The third-order valence-electron chi connectivity index (χ3n) is 3.28. The van der Waals surface area contributed by atoms with E-state index in [4.69, 9.17) is 18.0 Å². The molecule has 0 bridgehead atoms. The summed E-state index contributed by atoms with van der Waals surface area (Å²) in [6, 6.07) is 6.49. The third-order valence-corrected chi connectivity index (χ3v) is 6.05. The highest BCUT2D eigenvalue weighted by Gasteiger charge is 2.38. The van der Waals surface area contributed by atoms with Crippen molar-refractivity contribution in [2.75, 3.05) is 21.0 Å². The van der Waals surface area contributed by atoms with Crippen molar-refractivity contribution in [3.05, 3.63) is 29.8 Å². The van der Waals surface area contributed by atoms with Gasteiger partial charge in [0.2, 0.25) is 0 Å². The summed E-state index contributed by atoms with van der Waals surface area (Å²) in [6.07, 6.45) is 3.10. The Bertz CT molecular complexity index is 444. The molecular formula is C15H24O6Si. The SMILES string of the molecule is CCCCC[Si](OC)(OC)OCOC(=O)c1ccc(O)cc1. The highest BCUT2D eigenvalue weighted by Crippen LogP contribution is 2.18. The summed E-state index contributed by atoms with van der Waals surface area (Å²) in [5.41, 5.74) is 0.342. The van der Waals surface area contributed by atoms with Crippen molar-refractivity contribution in [3.63, 3.8) is 0 Å². The van der Waals surface area contributed by atoms with Gasteiger partial charge >= 0.3 is 14.8 Å². The van der Waals surface area contributed by atoms with Crippen LogP contribution < -0.4 is 0 Å². The summed E-state index contributed by atoms with van der Waals surface area (Å²) in [5, 5.41) is 9.18. The zero-order chi connectivity index (χ0) is 16.4. The van der Waals surface area contributed by atoms with Gasteiger partial charge in [-0.3, -0.25) is 0 Å². The molecule has 0 aliphatic rings. The first-order valence-corrected chi connectivity index (χ1v) is 9.20. The zero-order valence-corrected chi connectivity index (χ0v) is 14.3. The molecule has 1 aromatic carbocycles. The molecule has 0 aromatic heterocycles. The van der Waals surface area contributed by atoms with E-state index in [0.29, 0.717) is 11.6 Å². The van der Waals surface area contributed by atoms with Crippen LogP contribution in [0.2, 0.25) is 6.04 Å². The van der Waals surface area contributed by atoms with Crippen LogP contribution in [0, 0.1) is 0 Å². The van der Waals surface area contributed by atoms with Gasteiger partial charge in [-0.25, -0.2) is 4.79 Å². The van der Waals surface area contributed by atoms with Crippen LogP contribution in [0.5, 0.6) is 5.75 Å². The van der Waals surface area contributed by atoms with E-state index in [0.717, 1.165) is 19.3 Å². The van der Waals surface area contributed by atoms with Crippen molar-refractivity contribution in [1.29, 1.82) is 0 Å². The standard InChI is InChI=1S/C15H24O6Si/c1-4-5-6-11-22(18-2,19-3)21-12-20-15(17)13-7-9-14(16)10-8-13/h7-10,16H,4-6,11-12H2,1-3H3. The zero-order valence-electron chi connectivity index (χ0n) is 13.3. The number of ether oxygens (including phenoxy) is 1. The minimum absolute atomic E-state index is 0.0916. The Morgan fingerprint density at radius 1 is 1.14 bits per heavy atom. The normalized spacial score (nSPS) is 11.4. The van der Waals surface area contributed by atoms with Crippen LogP contribution in [0.25, 0.3) is 0 Å². The van der Waals surface area contributed by atoms with E-state index in [1.807, 2.05) is 0 Å². The van der Waals surface area contributed by atoms with E-state index in [1.54, 1.807) is 14.2 Å². The molecule has 1 rings (SSSR count). The minimum atomic E-state index is -2.77. The molecule has 0 saturated carbocycles. The first-order valence-electron chi connectivity index (χ1n) is 7.27. The monoisotopic (exact) mass is 328 g/mol. The summed E-state index contributed by atoms with van der Waals surface area (Å²) < 4.78 is 21.5. The van der Waals surface area contributed by atoms with Crippen molar-refractivity contribution in [1.82, 2.24) is 0 Å². The van der Waals surface area contributed by atoms with E-state index in [-0.39, 0.29) is 12.5 Å². The van der Waals surface area contributed by atoms with Gasteiger partial charge in [-0.2, -0.15) is 0 Å². The molecule has 124 valence electrons. The van der Waals surface area contributed by atoms with Gasteiger partial charge < -0.3 is 23.1 Å². The predicted octanol–water partition coefficient (Wildman–Crippen LogP) is 2.95. The molecule has 0 unspecified atom stereocenters. The lowest BCUT2D eigenvalue weighted by molar-refractivity contribution is -0.0164. The molecule has 7 heteroatoms. The molecule has 0 saturated heterocycles. The number of phenolic OH excluding ortho intramolecular Hbond substituents is 1. The summed E-state index contributed by atoms with van der Waals surface area (Å²) >= 11 is 0. The smallest absolute Gasteiger partial charge is 0.502 e. The van der Waals surface area contributed by atoms with Crippen LogP contribution in [0.3, 0.4) is 0 Å². The number of unbranched alkanes of at least 4 members (excludes halogenated alkanes) is 2. The predicted molar refractivity (Wildman–Crippen MR) is 83.6 cm³/mol. The average Bonchev–Trinajstić information content (AvgIpc) is 2.54. The van der Waals surface area contributed by atoms with Crippen molar-refractivity contribution < 1.29 is 27.9 Å². The van der Waals surface area contributed by atoms with Crippen molar-refractivity contribution in [3.8, 4) is 5.75 Å². The quantitative estimate of drug-likeness (QED) is 0.308. The first-order chi connectivity index (χ1) is 10.6. The van der Waals surface area contributed by atoms with Gasteiger partial charge in [-0.1, -0.05) is 19.8 Å². The number of aromatic hydroxyl groups is 1. The number of hydrogen-bond donors (Lipinski definition) is 1. The molecule has 0 atom stereocenters. The van der Waals surface area contributed by atoms with Crippen LogP contribution in [-0.4, -0.2) is 40.9 Å². The van der Waals surface area contributed by atoms with Gasteiger partial charge in [0.25, 0.3) is 0 Å². The van der Waals surface area contributed by atoms with Gasteiger partial charge in [0, 0.05) is 20.3 Å². The van der Waals surface area contributed by atoms with E-state index >= 15 is 0 Å². The largest absolute Gasteiger partial charge is 0.508 e. The van der Waals surface area contributed by atoms with Gasteiger partial charge in [0.15, 0.2) is 6.79 Å². The van der Waals surface area contributed by atoms with Gasteiger partial charge in [0.05, 0.1) is 5.56 Å². The molecule has 0 heterocycles. The van der Waals surface area contributed by atoms with Gasteiger partial charge in [-0.15, -0.1) is 0 Å².